The highest BCUT2D eigenvalue weighted by Crippen LogP contribution is 2.17. The topological polar surface area (TPSA) is 92.5 Å². The molecule has 1 aromatic rings. The fourth-order valence-corrected chi connectivity index (χ4v) is 1.12. The third-order valence-corrected chi connectivity index (χ3v) is 1.83. The molecule has 4 nitrogen and oxygen atoms in total. The summed E-state index contributed by atoms with van der Waals surface area (Å²) >= 11 is 0. The van der Waals surface area contributed by atoms with E-state index >= 15 is 0 Å². The molecule has 1 unspecified atom stereocenters. The summed E-state index contributed by atoms with van der Waals surface area (Å²) in [7, 11) is 0. The van der Waals surface area contributed by atoms with Crippen LogP contribution in [0.1, 0.15) is 5.56 Å². The Morgan fingerprint density at radius 3 is 2.62 bits per heavy atom. The molecule has 0 saturated carbocycles. The predicted molar refractivity (Wildman–Crippen MR) is 52.1 cm³/mol. The fraction of sp³-hybridized carbons (Fsp3) is 0.333. The van der Waals surface area contributed by atoms with Crippen molar-refractivity contribution in [2.45, 2.75) is 12.5 Å². The number of benzene rings is 1. The maximum atomic E-state index is 9.18. The van der Waals surface area contributed by atoms with Crippen molar-refractivity contribution in [1.82, 2.24) is 0 Å². The van der Waals surface area contributed by atoms with Crippen molar-refractivity contribution in [3.05, 3.63) is 23.8 Å². The molecule has 13 heavy (non-hydrogen) atoms. The van der Waals surface area contributed by atoms with Crippen LogP contribution in [-0.2, 0) is 6.42 Å². The number of aliphatic hydroxyl groups is 2. The van der Waals surface area contributed by atoms with E-state index < -0.39 is 6.10 Å². The van der Waals surface area contributed by atoms with Gasteiger partial charge in [-0.2, -0.15) is 0 Å². The van der Waals surface area contributed by atoms with E-state index in [0.29, 0.717) is 17.8 Å². The molecule has 0 amide bonds. The summed E-state index contributed by atoms with van der Waals surface area (Å²) in [5.74, 6) is 0. The summed E-state index contributed by atoms with van der Waals surface area (Å²) in [6, 6.07) is 5.09. The van der Waals surface area contributed by atoms with Gasteiger partial charge in [0.15, 0.2) is 0 Å². The Labute approximate surface area is 76.8 Å². The highest BCUT2D eigenvalue weighted by molar-refractivity contribution is 5.55. The van der Waals surface area contributed by atoms with Crippen molar-refractivity contribution in [2.75, 3.05) is 18.1 Å². The largest absolute Gasteiger partial charge is 0.399 e. The summed E-state index contributed by atoms with van der Waals surface area (Å²) in [4.78, 5) is 0. The summed E-state index contributed by atoms with van der Waals surface area (Å²) in [5, 5.41) is 17.8. The van der Waals surface area contributed by atoms with Crippen LogP contribution in [0.4, 0.5) is 11.4 Å². The van der Waals surface area contributed by atoms with E-state index in [1.165, 1.54) is 0 Å². The maximum Gasteiger partial charge on any atom is 0.0811 e. The van der Waals surface area contributed by atoms with Crippen molar-refractivity contribution >= 4 is 11.4 Å². The van der Waals surface area contributed by atoms with Crippen molar-refractivity contribution < 1.29 is 10.2 Å². The van der Waals surface area contributed by atoms with Crippen LogP contribution in [0.3, 0.4) is 0 Å². The van der Waals surface area contributed by atoms with Crippen LogP contribution < -0.4 is 11.5 Å². The zero-order chi connectivity index (χ0) is 9.84. The van der Waals surface area contributed by atoms with E-state index in [2.05, 4.69) is 0 Å². The van der Waals surface area contributed by atoms with Gasteiger partial charge in [-0.1, -0.05) is 0 Å². The summed E-state index contributed by atoms with van der Waals surface area (Å²) in [6.45, 7) is -0.270. The molecule has 0 fully saturated rings. The molecule has 0 aliphatic rings. The molecule has 4 heteroatoms. The van der Waals surface area contributed by atoms with Gasteiger partial charge in [0.05, 0.1) is 12.7 Å². The van der Waals surface area contributed by atoms with Gasteiger partial charge in [-0.25, -0.2) is 0 Å². The van der Waals surface area contributed by atoms with Gasteiger partial charge in [-0.05, 0) is 23.8 Å². The zero-order valence-corrected chi connectivity index (χ0v) is 7.27. The molecule has 0 saturated heterocycles. The van der Waals surface area contributed by atoms with Crippen LogP contribution in [0.5, 0.6) is 0 Å². The molecule has 1 aromatic carbocycles. The van der Waals surface area contributed by atoms with Gasteiger partial charge in [0, 0.05) is 17.8 Å². The van der Waals surface area contributed by atoms with Crippen LogP contribution in [-0.4, -0.2) is 22.9 Å². The average molecular weight is 182 g/mol. The number of hydrogen-bond donors (Lipinski definition) is 4. The van der Waals surface area contributed by atoms with Crippen molar-refractivity contribution in [2.24, 2.45) is 0 Å². The molecule has 0 heterocycles. The molecule has 0 aromatic heterocycles. The lowest BCUT2D eigenvalue weighted by Gasteiger charge is -2.09. The molecular weight excluding hydrogens is 168 g/mol. The molecule has 0 spiro atoms. The third kappa shape index (κ3) is 2.61. The molecule has 72 valence electrons. The van der Waals surface area contributed by atoms with Gasteiger partial charge >= 0.3 is 0 Å². The summed E-state index contributed by atoms with van der Waals surface area (Å²) < 4.78 is 0. The van der Waals surface area contributed by atoms with Gasteiger partial charge in [-0.15, -0.1) is 0 Å². The number of hydrogen-bond acceptors (Lipinski definition) is 4. The molecule has 6 N–H and O–H groups in total. The second kappa shape index (κ2) is 4.11. The lowest BCUT2D eigenvalue weighted by molar-refractivity contribution is 0.0956. The number of nitrogen functional groups attached to an aromatic ring is 2. The fourth-order valence-electron chi connectivity index (χ4n) is 1.12. The molecule has 1 rings (SSSR count). The molecule has 0 aliphatic heterocycles. The van der Waals surface area contributed by atoms with Crippen LogP contribution in [0, 0.1) is 0 Å². The minimum atomic E-state index is -0.774. The Bertz CT molecular complexity index is 289. The van der Waals surface area contributed by atoms with Gasteiger partial charge in [-0.3, -0.25) is 0 Å². The number of rotatable bonds is 3. The minimum absolute atomic E-state index is 0.270. The second-order valence-electron chi connectivity index (χ2n) is 3.00. The Morgan fingerprint density at radius 2 is 2.00 bits per heavy atom. The Kier molecular flexibility index (Phi) is 3.11. The average Bonchev–Trinajstić information content (AvgIpc) is 2.11. The Hall–Kier alpha value is -1.26. The van der Waals surface area contributed by atoms with E-state index in [1.807, 2.05) is 0 Å². The number of anilines is 2. The van der Waals surface area contributed by atoms with Crippen LogP contribution in [0.25, 0.3) is 0 Å². The summed E-state index contributed by atoms with van der Waals surface area (Å²) in [5.41, 5.74) is 13.1. The molecule has 1 atom stereocenters. The number of nitrogens with two attached hydrogens (primary N) is 2. The van der Waals surface area contributed by atoms with E-state index in [1.54, 1.807) is 18.2 Å². The maximum absolute atomic E-state index is 9.18. The Morgan fingerprint density at radius 1 is 1.31 bits per heavy atom. The lowest BCUT2D eigenvalue weighted by atomic mass is 10.1. The highest BCUT2D eigenvalue weighted by Gasteiger charge is 2.06. The van der Waals surface area contributed by atoms with Gasteiger partial charge in [0.2, 0.25) is 0 Å². The normalized spacial score (nSPS) is 12.8. The van der Waals surface area contributed by atoms with E-state index in [9.17, 15) is 5.11 Å². The minimum Gasteiger partial charge on any atom is -0.399 e. The first-order chi connectivity index (χ1) is 6.13. The monoisotopic (exact) mass is 182 g/mol. The van der Waals surface area contributed by atoms with Crippen molar-refractivity contribution in [3.63, 3.8) is 0 Å². The second-order valence-corrected chi connectivity index (χ2v) is 3.00. The van der Waals surface area contributed by atoms with Crippen LogP contribution >= 0.6 is 0 Å². The van der Waals surface area contributed by atoms with Crippen LogP contribution in [0.2, 0.25) is 0 Å². The lowest BCUT2D eigenvalue weighted by Crippen LogP contribution is -2.16. The quantitative estimate of drug-likeness (QED) is 0.485. The first-order valence-corrected chi connectivity index (χ1v) is 4.06. The first kappa shape index (κ1) is 9.83. The van der Waals surface area contributed by atoms with E-state index in [0.717, 1.165) is 5.56 Å². The molecule has 0 bridgehead atoms. The van der Waals surface area contributed by atoms with Gasteiger partial charge in [0.1, 0.15) is 0 Å². The molecular formula is C9H14N2O2. The summed E-state index contributed by atoms with van der Waals surface area (Å²) in [6.07, 6.45) is -0.447. The SMILES string of the molecule is Nc1ccc(N)c(CC(O)CO)c1. The number of aliphatic hydroxyl groups excluding tert-OH is 2. The standard InChI is InChI=1S/C9H14N2O2/c10-7-1-2-9(11)6(3-7)4-8(13)5-12/h1-3,8,12-13H,4-5,10-11H2. The zero-order valence-electron chi connectivity index (χ0n) is 7.27. The van der Waals surface area contributed by atoms with E-state index in [4.69, 9.17) is 16.6 Å². The first-order valence-electron chi connectivity index (χ1n) is 4.06. The van der Waals surface area contributed by atoms with Crippen LogP contribution in [0.15, 0.2) is 18.2 Å². The van der Waals surface area contributed by atoms with Crippen molar-refractivity contribution in [1.29, 1.82) is 0 Å². The predicted octanol–water partition coefficient (Wildman–Crippen LogP) is -0.253. The smallest absolute Gasteiger partial charge is 0.0811 e. The third-order valence-electron chi connectivity index (χ3n) is 1.83. The highest BCUT2D eigenvalue weighted by atomic mass is 16.3. The molecule has 0 aliphatic carbocycles. The van der Waals surface area contributed by atoms with E-state index in [-0.39, 0.29) is 6.61 Å². The molecule has 0 radical (unpaired) electrons. The Balaban J connectivity index is 2.81. The van der Waals surface area contributed by atoms with Gasteiger partial charge < -0.3 is 21.7 Å². The van der Waals surface area contributed by atoms with Crippen molar-refractivity contribution in [3.8, 4) is 0 Å². The van der Waals surface area contributed by atoms with Gasteiger partial charge in [0.25, 0.3) is 0 Å².